The van der Waals surface area contributed by atoms with E-state index in [0.29, 0.717) is 6.54 Å². The van der Waals surface area contributed by atoms with Gasteiger partial charge in [-0.05, 0) is 63.3 Å². The van der Waals surface area contributed by atoms with Crippen LogP contribution in [-0.2, 0) is 16.7 Å². The molecule has 1 spiro atoms. The highest BCUT2D eigenvalue weighted by Crippen LogP contribution is 2.50. The zero-order valence-corrected chi connectivity index (χ0v) is 13.2. The third-order valence-electron chi connectivity index (χ3n) is 4.55. The van der Waals surface area contributed by atoms with E-state index in [1.54, 1.807) is 17.0 Å². The summed E-state index contributed by atoms with van der Waals surface area (Å²) in [7, 11) is 0. The van der Waals surface area contributed by atoms with E-state index < -0.39 is 11.6 Å². The van der Waals surface area contributed by atoms with E-state index >= 15 is 0 Å². The first-order valence-corrected chi connectivity index (χ1v) is 7.60. The fraction of sp³-hybridized carbons (Fsp3) is 0.529. The maximum absolute atomic E-state index is 12.4. The van der Waals surface area contributed by atoms with Crippen LogP contribution in [0.15, 0.2) is 18.2 Å². The van der Waals surface area contributed by atoms with Crippen molar-refractivity contribution < 1.29 is 19.4 Å². The molecule has 1 aromatic carbocycles. The van der Waals surface area contributed by atoms with Gasteiger partial charge in [-0.15, -0.1) is 0 Å². The highest BCUT2D eigenvalue weighted by molar-refractivity contribution is 5.88. The minimum Gasteiger partial charge on any atom is -0.478 e. The number of aromatic carboxylic acids is 1. The minimum atomic E-state index is -0.937. The molecule has 0 unspecified atom stereocenters. The molecule has 1 aromatic rings. The van der Waals surface area contributed by atoms with E-state index in [9.17, 15) is 14.7 Å². The Morgan fingerprint density at radius 2 is 2.00 bits per heavy atom. The molecular weight excluding hydrogens is 282 g/mol. The molecule has 22 heavy (non-hydrogen) atoms. The lowest BCUT2D eigenvalue weighted by atomic mass is 9.79. The molecule has 1 fully saturated rings. The van der Waals surface area contributed by atoms with Gasteiger partial charge >= 0.3 is 12.1 Å². The summed E-state index contributed by atoms with van der Waals surface area (Å²) in [5.74, 6) is -0.937. The van der Waals surface area contributed by atoms with Gasteiger partial charge in [-0.3, -0.25) is 4.90 Å². The van der Waals surface area contributed by atoms with Gasteiger partial charge in [0, 0.05) is 6.54 Å². The number of likely N-dealkylation sites (tertiary alicyclic amines) is 1. The largest absolute Gasteiger partial charge is 0.478 e. The first-order valence-electron chi connectivity index (χ1n) is 7.60. The van der Waals surface area contributed by atoms with Gasteiger partial charge < -0.3 is 9.84 Å². The Labute approximate surface area is 129 Å². The van der Waals surface area contributed by atoms with Gasteiger partial charge in [0.1, 0.15) is 5.60 Å². The number of rotatable bonds is 1. The summed E-state index contributed by atoms with van der Waals surface area (Å²) in [5, 5.41) is 9.20. The third kappa shape index (κ3) is 2.25. The number of carboxylic acids is 1. The lowest BCUT2D eigenvalue weighted by molar-refractivity contribution is -0.0470. The van der Waals surface area contributed by atoms with Crippen molar-refractivity contribution >= 4 is 12.1 Å². The predicted molar refractivity (Wildman–Crippen MR) is 81.0 cm³/mol. The maximum atomic E-state index is 12.4. The van der Waals surface area contributed by atoms with E-state index in [-0.39, 0.29) is 17.2 Å². The van der Waals surface area contributed by atoms with Crippen molar-refractivity contribution in [3.05, 3.63) is 34.9 Å². The van der Waals surface area contributed by atoms with Crippen molar-refractivity contribution in [1.29, 1.82) is 0 Å². The average Bonchev–Trinajstić information content (AvgIpc) is 2.75. The van der Waals surface area contributed by atoms with Crippen LogP contribution in [-0.4, -0.2) is 34.2 Å². The molecule has 118 valence electrons. The number of aryl methyl sites for hydroxylation is 1. The van der Waals surface area contributed by atoms with Crippen LogP contribution in [0.1, 0.15) is 55.1 Å². The Morgan fingerprint density at radius 3 is 2.55 bits per heavy atom. The van der Waals surface area contributed by atoms with Crippen molar-refractivity contribution in [1.82, 2.24) is 4.90 Å². The van der Waals surface area contributed by atoms with Crippen LogP contribution >= 0.6 is 0 Å². The van der Waals surface area contributed by atoms with Gasteiger partial charge in [0.2, 0.25) is 0 Å². The van der Waals surface area contributed by atoms with Crippen LogP contribution in [0.3, 0.4) is 0 Å². The van der Waals surface area contributed by atoms with E-state index in [1.807, 2.05) is 26.8 Å². The highest BCUT2D eigenvalue weighted by Gasteiger charge is 2.53. The average molecular weight is 303 g/mol. The lowest BCUT2D eigenvalue weighted by Gasteiger charge is -2.51. The van der Waals surface area contributed by atoms with Crippen molar-refractivity contribution in [2.45, 2.75) is 51.2 Å². The smallest absolute Gasteiger partial charge is 0.411 e. The summed E-state index contributed by atoms with van der Waals surface area (Å²) >= 11 is 0. The Kier molecular flexibility index (Phi) is 3.20. The molecule has 5 nitrogen and oxygen atoms in total. The number of fused-ring (bicyclic) bond motifs is 2. The number of hydrogen-bond acceptors (Lipinski definition) is 3. The molecule has 1 heterocycles. The van der Waals surface area contributed by atoms with Gasteiger partial charge in [0.05, 0.1) is 11.1 Å². The molecule has 1 aliphatic heterocycles. The molecule has 1 atom stereocenters. The number of ether oxygens (including phenoxy) is 1. The fourth-order valence-corrected chi connectivity index (χ4v) is 3.45. The van der Waals surface area contributed by atoms with E-state index in [0.717, 1.165) is 30.4 Å². The van der Waals surface area contributed by atoms with Crippen LogP contribution in [0, 0.1) is 0 Å². The number of carboxylic acid groups (broad SMARTS) is 1. The number of nitrogens with zero attached hydrogens (tertiary/aromatic N) is 1. The van der Waals surface area contributed by atoms with Crippen LogP contribution < -0.4 is 0 Å². The zero-order chi connectivity index (χ0) is 16.1. The Morgan fingerprint density at radius 1 is 1.27 bits per heavy atom. The fourth-order valence-electron chi connectivity index (χ4n) is 3.45. The molecule has 1 saturated heterocycles. The molecule has 2 aliphatic rings. The van der Waals surface area contributed by atoms with Crippen molar-refractivity contribution in [2.75, 3.05) is 6.54 Å². The van der Waals surface area contributed by atoms with Crippen LogP contribution in [0.2, 0.25) is 0 Å². The van der Waals surface area contributed by atoms with Crippen molar-refractivity contribution in [3.8, 4) is 0 Å². The van der Waals surface area contributed by atoms with Gasteiger partial charge in [0.25, 0.3) is 0 Å². The third-order valence-corrected chi connectivity index (χ3v) is 4.55. The van der Waals surface area contributed by atoms with Crippen molar-refractivity contribution in [3.63, 3.8) is 0 Å². The first-order chi connectivity index (χ1) is 10.2. The molecule has 0 radical (unpaired) electrons. The topological polar surface area (TPSA) is 66.8 Å². The normalized spacial score (nSPS) is 23.1. The van der Waals surface area contributed by atoms with E-state index in [1.165, 1.54) is 0 Å². The predicted octanol–water partition coefficient (Wildman–Crippen LogP) is 3.17. The molecule has 0 saturated carbocycles. The van der Waals surface area contributed by atoms with Gasteiger partial charge in [0.15, 0.2) is 0 Å². The van der Waals surface area contributed by atoms with Gasteiger partial charge in [-0.2, -0.15) is 0 Å². The molecule has 1 aliphatic carbocycles. The second-order valence-electron chi connectivity index (χ2n) is 7.09. The summed E-state index contributed by atoms with van der Waals surface area (Å²) in [5.41, 5.74) is 1.49. The number of carbonyl (C=O) groups excluding carboxylic acids is 1. The highest BCUT2D eigenvalue weighted by atomic mass is 16.6. The summed E-state index contributed by atoms with van der Waals surface area (Å²) in [6.07, 6.45) is 2.26. The molecule has 1 N–H and O–H groups in total. The monoisotopic (exact) mass is 303 g/mol. The second kappa shape index (κ2) is 4.73. The van der Waals surface area contributed by atoms with Gasteiger partial charge in [-0.25, -0.2) is 9.59 Å². The lowest BCUT2D eigenvalue weighted by Crippen LogP contribution is -2.59. The molecule has 5 heteroatoms. The van der Waals surface area contributed by atoms with Crippen LogP contribution in [0.5, 0.6) is 0 Å². The zero-order valence-electron chi connectivity index (χ0n) is 13.2. The summed E-state index contributed by atoms with van der Waals surface area (Å²) in [6.45, 7) is 6.21. The number of amides is 1. The minimum absolute atomic E-state index is 0.274. The number of carbonyl (C=O) groups is 2. The van der Waals surface area contributed by atoms with Crippen LogP contribution in [0.25, 0.3) is 0 Å². The molecule has 0 bridgehead atoms. The quantitative estimate of drug-likeness (QED) is 0.865. The molecule has 1 amide bonds. The second-order valence-corrected chi connectivity index (χ2v) is 7.09. The maximum Gasteiger partial charge on any atom is 0.411 e. The molecule has 0 aromatic heterocycles. The molecular formula is C17H21NO4. The summed E-state index contributed by atoms with van der Waals surface area (Å²) < 4.78 is 5.49. The Bertz CT molecular complexity index is 647. The Balaban J connectivity index is 1.92. The molecule has 3 rings (SSSR count). The summed E-state index contributed by atoms with van der Waals surface area (Å²) in [6, 6.07) is 5.23. The standard InChI is InChI=1S/C17H21NO4/c1-16(2,3)22-15(21)18-9-8-17(18)7-6-11-4-5-12(14(19)20)10-13(11)17/h4-5,10H,6-9H2,1-3H3,(H,19,20)/t17-/m0/s1. The summed E-state index contributed by atoms with van der Waals surface area (Å²) in [4.78, 5) is 25.4. The van der Waals surface area contributed by atoms with Crippen molar-refractivity contribution in [2.24, 2.45) is 0 Å². The van der Waals surface area contributed by atoms with Gasteiger partial charge in [-0.1, -0.05) is 6.07 Å². The van der Waals surface area contributed by atoms with E-state index in [4.69, 9.17) is 4.74 Å². The first kappa shape index (κ1) is 14.9. The number of benzene rings is 1. The van der Waals surface area contributed by atoms with Crippen LogP contribution in [0.4, 0.5) is 4.79 Å². The van der Waals surface area contributed by atoms with E-state index in [2.05, 4.69) is 0 Å². The Hall–Kier alpha value is -2.04. The SMILES string of the molecule is CC(C)(C)OC(=O)N1CC[C@]12CCc1ccc(C(=O)O)cc12. The number of hydrogen-bond donors (Lipinski definition) is 1.